The number of nitrogens with two attached hydrogens (primary N) is 1. The van der Waals surface area contributed by atoms with Crippen LogP contribution in [0.15, 0.2) is 59.8 Å². The van der Waals surface area contributed by atoms with Gasteiger partial charge in [0.2, 0.25) is 5.95 Å². The second-order valence-electron chi connectivity index (χ2n) is 6.49. The van der Waals surface area contributed by atoms with Gasteiger partial charge in [-0.15, -0.1) is 0 Å². The van der Waals surface area contributed by atoms with Crippen LogP contribution in [-0.2, 0) is 4.74 Å². The van der Waals surface area contributed by atoms with Crippen molar-refractivity contribution in [1.82, 2.24) is 9.66 Å². The van der Waals surface area contributed by atoms with Gasteiger partial charge in [0.05, 0.1) is 29.8 Å². The number of rotatable bonds is 5. The van der Waals surface area contributed by atoms with Crippen LogP contribution in [0.1, 0.15) is 35.5 Å². The van der Waals surface area contributed by atoms with Gasteiger partial charge in [-0.05, 0) is 55.7 Å². The van der Waals surface area contributed by atoms with Gasteiger partial charge < -0.3 is 10.5 Å². The first-order chi connectivity index (χ1) is 12.9. The Morgan fingerprint density at radius 1 is 1.19 bits per heavy atom. The Hall–Kier alpha value is -3.41. The molecule has 0 saturated carbocycles. The van der Waals surface area contributed by atoms with E-state index in [4.69, 9.17) is 10.5 Å². The van der Waals surface area contributed by atoms with E-state index >= 15 is 0 Å². The Kier molecular flexibility index (Phi) is 5.35. The third kappa shape index (κ3) is 4.61. The topological polar surface area (TPSA) is 82.5 Å². The van der Waals surface area contributed by atoms with Crippen LogP contribution in [0.3, 0.4) is 0 Å². The van der Waals surface area contributed by atoms with Crippen LogP contribution in [0.2, 0.25) is 0 Å². The maximum absolute atomic E-state index is 12.1. The number of aromatic nitrogens is 2. The molecule has 3 rings (SSSR count). The van der Waals surface area contributed by atoms with E-state index < -0.39 is 0 Å². The van der Waals surface area contributed by atoms with E-state index in [2.05, 4.69) is 10.1 Å². The van der Waals surface area contributed by atoms with Crippen molar-refractivity contribution in [3.63, 3.8) is 0 Å². The minimum absolute atomic E-state index is 0.153. The zero-order chi connectivity index (χ0) is 19.4. The zero-order valence-corrected chi connectivity index (χ0v) is 15.6. The molecular weight excluding hydrogens is 340 g/mol. The van der Waals surface area contributed by atoms with Crippen molar-refractivity contribution < 1.29 is 9.53 Å². The van der Waals surface area contributed by atoms with Crippen molar-refractivity contribution in [2.45, 2.75) is 26.9 Å². The van der Waals surface area contributed by atoms with Gasteiger partial charge in [-0.2, -0.15) is 5.10 Å². The molecule has 2 N–H and O–H groups in total. The number of carbonyl (C=O) groups is 1. The first-order valence-electron chi connectivity index (χ1n) is 8.69. The number of imidazole rings is 1. The van der Waals surface area contributed by atoms with Crippen molar-refractivity contribution in [2.24, 2.45) is 5.10 Å². The minimum Gasteiger partial charge on any atom is -0.459 e. The average molecular weight is 362 g/mol. The second-order valence-corrected chi connectivity index (χ2v) is 6.49. The van der Waals surface area contributed by atoms with E-state index in [-0.39, 0.29) is 12.1 Å². The van der Waals surface area contributed by atoms with Crippen LogP contribution in [-0.4, -0.2) is 27.9 Å². The lowest BCUT2D eigenvalue weighted by molar-refractivity contribution is 0.0378. The molecule has 1 heterocycles. The second kappa shape index (κ2) is 7.86. The number of aryl methyl sites for hydroxylation is 1. The lowest BCUT2D eigenvalue weighted by Gasteiger charge is -2.09. The van der Waals surface area contributed by atoms with Gasteiger partial charge in [-0.1, -0.05) is 30.3 Å². The number of nitrogen functional groups attached to an aromatic ring is 1. The van der Waals surface area contributed by atoms with E-state index in [1.165, 1.54) is 4.68 Å². The molecule has 0 bridgehead atoms. The van der Waals surface area contributed by atoms with E-state index in [1.807, 2.05) is 63.2 Å². The van der Waals surface area contributed by atoms with Crippen molar-refractivity contribution >= 4 is 18.1 Å². The first kappa shape index (κ1) is 18.4. The Morgan fingerprint density at radius 2 is 1.89 bits per heavy atom. The number of hydrogen-bond acceptors (Lipinski definition) is 5. The highest BCUT2D eigenvalue weighted by molar-refractivity contribution is 5.91. The Labute approximate surface area is 158 Å². The van der Waals surface area contributed by atoms with E-state index in [9.17, 15) is 4.79 Å². The van der Waals surface area contributed by atoms with E-state index in [1.54, 1.807) is 18.5 Å². The zero-order valence-electron chi connectivity index (χ0n) is 15.6. The van der Waals surface area contributed by atoms with Crippen molar-refractivity contribution in [3.05, 3.63) is 71.5 Å². The molecule has 0 aliphatic carbocycles. The summed E-state index contributed by atoms with van der Waals surface area (Å²) in [5, 5.41) is 4.34. The lowest BCUT2D eigenvalue weighted by Crippen LogP contribution is -2.11. The third-order valence-electron chi connectivity index (χ3n) is 3.83. The van der Waals surface area contributed by atoms with Crippen molar-refractivity contribution in [2.75, 3.05) is 5.73 Å². The maximum Gasteiger partial charge on any atom is 0.338 e. The standard InChI is InChI=1S/C21H22N4O2/c1-14(2)27-20(26)19-9-5-8-18(11-19)17-7-4-6-16(10-17)12-23-25-13-15(3)24-21(25)22/h4-14H,1-3H3,(H2,22,24). The predicted octanol–water partition coefficient (Wildman–Crippen LogP) is 3.89. The van der Waals surface area contributed by atoms with Crippen LogP contribution in [0.25, 0.3) is 11.1 Å². The van der Waals surface area contributed by atoms with E-state index in [0.717, 1.165) is 22.4 Å². The fourth-order valence-electron chi connectivity index (χ4n) is 2.63. The molecule has 2 aromatic carbocycles. The summed E-state index contributed by atoms with van der Waals surface area (Å²) in [4.78, 5) is 16.3. The molecule has 27 heavy (non-hydrogen) atoms. The highest BCUT2D eigenvalue weighted by Gasteiger charge is 2.10. The summed E-state index contributed by atoms with van der Waals surface area (Å²) in [6.45, 7) is 5.53. The molecule has 6 nitrogen and oxygen atoms in total. The molecule has 0 aliphatic rings. The molecule has 0 saturated heterocycles. The van der Waals surface area contributed by atoms with Crippen molar-refractivity contribution in [1.29, 1.82) is 0 Å². The summed E-state index contributed by atoms with van der Waals surface area (Å²) in [7, 11) is 0. The largest absolute Gasteiger partial charge is 0.459 e. The van der Waals surface area contributed by atoms with Gasteiger partial charge in [0.1, 0.15) is 0 Å². The average Bonchev–Trinajstić information content (AvgIpc) is 2.97. The molecule has 3 aromatic rings. The molecule has 0 unspecified atom stereocenters. The summed E-state index contributed by atoms with van der Waals surface area (Å²) in [6.07, 6.45) is 3.33. The van der Waals surface area contributed by atoms with Gasteiger partial charge in [0.15, 0.2) is 0 Å². The molecule has 138 valence electrons. The third-order valence-corrected chi connectivity index (χ3v) is 3.83. The summed E-state index contributed by atoms with van der Waals surface area (Å²) < 4.78 is 6.80. The number of benzene rings is 2. The molecule has 0 aliphatic heterocycles. The van der Waals surface area contributed by atoms with Crippen LogP contribution in [0.4, 0.5) is 5.95 Å². The summed E-state index contributed by atoms with van der Waals surface area (Å²) in [5.41, 5.74) is 9.96. The molecule has 0 atom stereocenters. The number of anilines is 1. The predicted molar refractivity (Wildman–Crippen MR) is 107 cm³/mol. The smallest absolute Gasteiger partial charge is 0.338 e. The summed E-state index contributed by atoms with van der Waals surface area (Å²) >= 11 is 0. The molecule has 0 spiro atoms. The molecule has 0 amide bonds. The monoisotopic (exact) mass is 362 g/mol. The summed E-state index contributed by atoms with van der Waals surface area (Å²) in [6, 6.07) is 15.3. The Balaban J connectivity index is 1.85. The number of nitrogens with zero attached hydrogens (tertiary/aromatic N) is 3. The molecule has 0 radical (unpaired) electrons. The summed E-state index contributed by atoms with van der Waals surface area (Å²) in [5.74, 6) is 0.0202. The highest BCUT2D eigenvalue weighted by atomic mass is 16.5. The molecule has 0 fully saturated rings. The quantitative estimate of drug-likeness (QED) is 0.551. The van der Waals surface area contributed by atoms with Gasteiger partial charge >= 0.3 is 5.97 Å². The van der Waals surface area contributed by atoms with Crippen LogP contribution in [0.5, 0.6) is 0 Å². The normalized spacial score (nSPS) is 11.3. The van der Waals surface area contributed by atoms with Crippen LogP contribution >= 0.6 is 0 Å². The van der Waals surface area contributed by atoms with E-state index in [0.29, 0.717) is 11.5 Å². The Bertz CT molecular complexity index is 989. The molecule has 6 heteroatoms. The maximum atomic E-state index is 12.1. The first-order valence-corrected chi connectivity index (χ1v) is 8.69. The SMILES string of the molecule is Cc1cn(N=Cc2cccc(-c3cccc(C(=O)OC(C)C)c3)c2)c(N)n1. The number of esters is 1. The van der Waals surface area contributed by atoms with Crippen LogP contribution in [0, 0.1) is 6.92 Å². The van der Waals surface area contributed by atoms with Crippen molar-refractivity contribution in [3.8, 4) is 11.1 Å². The van der Waals surface area contributed by atoms with Crippen LogP contribution < -0.4 is 5.73 Å². The van der Waals surface area contributed by atoms with Gasteiger partial charge in [-0.25, -0.2) is 14.5 Å². The highest BCUT2D eigenvalue weighted by Crippen LogP contribution is 2.22. The molecule has 1 aromatic heterocycles. The van der Waals surface area contributed by atoms with Gasteiger partial charge in [0, 0.05) is 0 Å². The number of carbonyl (C=O) groups excluding carboxylic acids is 1. The fraction of sp³-hybridized carbons (Fsp3) is 0.190. The number of hydrogen-bond donors (Lipinski definition) is 1. The molecular formula is C21H22N4O2. The minimum atomic E-state index is -0.324. The Morgan fingerprint density at radius 3 is 2.56 bits per heavy atom. The lowest BCUT2D eigenvalue weighted by atomic mass is 10.0. The van der Waals surface area contributed by atoms with Gasteiger partial charge in [-0.3, -0.25) is 0 Å². The number of ether oxygens (including phenoxy) is 1. The fourth-order valence-corrected chi connectivity index (χ4v) is 2.63. The van der Waals surface area contributed by atoms with Gasteiger partial charge in [0.25, 0.3) is 0 Å².